The number of carbonyl (C=O) groups is 1. The van der Waals surface area contributed by atoms with Gasteiger partial charge in [-0.25, -0.2) is 4.79 Å². The van der Waals surface area contributed by atoms with Crippen molar-refractivity contribution in [2.45, 2.75) is 6.54 Å². The van der Waals surface area contributed by atoms with Gasteiger partial charge in [0.1, 0.15) is 5.75 Å². The van der Waals surface area contributed by atoms with Gasteiger partial charge in [0.05, 0.1) is 5.56 Å². The number of nitrogens with two attached hydrogens (primary N) is 1. The topological polar surface area (TPSA) is 52.3 Å². The molecular weight excluding hydrogens is 214 g/mol. The highest BCUT2D eigenvalue weighted by molar-refractivity contribution is 5.91. The van der Waals surface area contributed by atoms with E-state index in [1.807, 2.05) is 24.3 Å². The molecule has 2 rings (SSSR count). The van der Waals surface area contributed by atoms with Gasteiger partial charge in [-0.15, -0.1) is 0 Å². The van der Waals surface area contributed by atoms with Gasteiger partial charge >= 0.3 is 5.97 Å². The number of hydrogen-bond donors (Lipinski definition) is 1. The average molecular weight is 227 g/mol. The van der Waals surface area contributed by atoms with E-state index in [2.05, 4.69) is 0 Å². The van der Waals surface area contributed by atoms with Crippen molar-refractivity contribution in [1.82, 2.24) is 0 Å². The molecule has 0 atom stereocenters. The molecule has 0 unspecified atom stereocenters. The van der Waals surface area contributed by atoms with Crippen LogP contribution in [0.5, 0.6) is 5.75 Å². The van der Waals surface area contributed by atoms with E-state index in [0.717, 1.165) is 5.56 Å². The quantitative estimate of drug-likeness (QED) is 0.647. The smallest absolute Gasteiger partial charge is 0.343 e. The van der Waals surface area contributed by atoms with Crippen LogP contribution in [0.3, 0.4) is 0 Å². The van der Waals surface area contributed by atoms with Crippen molar-refractivity contribution in [2.75, 3.05) is 0 Å². The second-order valence-electron chi connectivity index (χ2n) is 3.61. The Morgan fingerprint density at radius 2 is 1.82 bits per heavy atom. The van der Waals surface area contributed by atoms with Gasteiger partial charge in [-0.2, -0.15) is 0 Å². The molecule has 0 heterocycles. The predicted octanol–water partition coefficient (Wildman–Crippen LogP) is 2.36. The minimum absolute atomic E-state index is 0.369. The first-order valence-corrected chi connectivity index (χ1v) is 5.36. The van der Waals surface area contributed by atoms with Crippen LogP contribution in [0.1, 0.15) is 15.9 Å². The summed E-state index contributed by atoms with van der Waals surface area (Å²) in [4.78, 5) is 11.8. The summed E-state index contributed by atoms with van der Waals surface area (Å²) in [5.74, 6) is 0.169. The van der Waals surface area contributed by atoms with E-state index in [4.69, 9.17) is 10.5 Å². The van der Waals surface area contributed by atoms with E-state index in [0.29, 0.717) is 17.9 Å². The van der Waals surface area contributed by atoms with Crippen molar-refractivity contribution in [3.63, 3.8) is 0 Å². The molecule has 0 fully saturated rings. The number of rotatable bonds is 3. The average Bonchev–Trinajstić information content (AvgIpc) is 2.40. The molecule has 2 N–H and O–H groups in total. The van der Waals surface area contributed by atoms with E-state index in [-0.39, 0.29) is 5.97 Å². The normalized spacial score (nSPS) is 9.94. The van der Waals surface area contributed by atoms with Gasteiger partial charge in [0.2, 0.25) is 0 Å². The van der Waals surface area contributed by atoms with Crippen LogP contribution in [0.4, 0.5) is 0 Å². The zero-order chi connectivity index (χ0) is 12.1. The van der Waals surface area contributed by atoms with Crippen molar-refractivity contribution < 1.29 is 9.53 Å². The third-order valence-electron chi connectivity index (χ3n) is 2.35. The third-order valence-corrected chi connectivity index (χ3v) is 2.35. The zero-order valence-corrected chi connectivity index (χ0v) is 9.30. The van der Waals surface area contributed by atoms with Crippen molar-refractivity contribution in [1.29, 1.82) is 0 Å². The van der Waals surface area contributed by atoms with Gasteiger partial charge < -0.3 is 10.5 Å². The Bertz CT molecular complexity index is 509. The molecule has 0 saturated heterocycles. The SMILES string of the molecule is NCc1cccc(C(=O)Oc2ccccc2)c1. The lowest BCUT2D eigenvalue weighted by molar-refractivity contribution is 0.0734. The standard InChI is InChI=1S/C14H13NO2/c15-10-11-5-4-6-12(9-11)14(16)17-13-7-2-1-3-8-13/h1-9H,10,15H2. The maximum absolute atomic E-state index is 11.8. The molecular formula is C14H13NO2. The monoisotopic (exact) mass is 227 g/mol. The van der Waals surface area contributed by atoms with Crippen molar-refractivity contribution in [3.05, 3.63) is 65.7 Å². The second-order valence-corrected chi connectivity index (χ2v) is 3.61. The predicted molar refractivity (Wildman–Crippen MR) is 65.7 cm³/mol. The van der Waals surface area contributed by atoms with E-state index in [1.54, 1.807) is 30.3 Å². The van der Waals surface area contributed by atoms with E-state index >= 15 is 0 Å². The fraction of sp³-hybridized carbons (Fsp3) is 0.0714. The van der Waals surface area contributed by atoms with E-state index in [9.17, 15) is 4.79 Å². The molecule has 0 aliphatic heterocycles. The molecule has 0 radical (unpaired) electrons. The highest BCUT2D eigenvalue weighted by atomic mass is 16.5. The molecule has 3 heteroatoms. The summed E-state index contributed by atoms with van der Waals surface area (Å²) in [6.07, 6.45) is 0. The van der Waals surface area contributed by atoms with E-state index < -0.39 is 0 Å². The molecule has 2 aromatic rings. The minimum atomic E-state index is -0.369. The molecule has 17 heavy (non-hydrogen) atoms. The number of carbonyl (C=O) groups excluding carboxylic acids is 1. The summed E-state index contributed by atoms with van der Waals surface area (Å²) in [6, 6.07) is 16.1. The molecule has 0 aliphatic carbocycles. The lowest BCUT2D eigenvalue weighted by atomic mass is 10.1. The molecule has 0 amide bonds. The van der Waals surface area contributed by atoms with Crippen LogP contribution in [0.15, 0.2) is 54.6 Å². The largest absolute Gasteiger partial charge is 0.423 e. The zero-order valence-electron chi connectivity index (χ0n) is 9.30. The van der Waals surface area contributed by atoms with Gasteiger partial charge in [0.25, 0.3) is 0 Å². The first-order chi connectivity index (χ1) is 8.29. The third kappa shape index (κ3) is 2.92. The highest BCUT2D eigenvalue weighted by Gasteiger charge is 2.08. The van der Waals surface area contributed by atoms with Gasteiger partial charge in [-0.05, 0) is 29.8 Å². The Balaban J connectivity index is 2.14. The molecule has 0 aromatic heterocycles. The summed E-state index contributed by atoms with van der Waals surface area (Å²) in [5.41, 5.74) is 6.94. The molecule has 0 saturated carbocycles. The summed E-state index contributed by atoms with van der Waals surface area (Å²) in [5, 5.41) is 0. The van der Waals surface area contributed by atoms with Gasteiger partial charge in [0.15, 0.2) is 0 Å². The Kier molecular flexibility index (Phi) is 3.52. The number of benzene rings is 2. The summed E-state index contributed by atoms with van der Waals surface area (Å²) < 4.78 is 5.22. The first-order valence-electron chi connectivity index (χ1n) is 5.36. The Morgan fingerprint density at radius 3 is 2.53 bits per heavy atom. The van der Waals surface area contributed by atoms with Gasteiger partial charge in [-0.3, -0.25) is 0 Å². The fourth-order valence-corrected chi connectivity index (χ4v) is 1.48. The molecule has 86 valence electrons. The summed E-state index contributed by atoms with van der Waals surface area (Å²) in [6.45, 7) is 0.409. The van der Waals surface area contributed by atoms with Crippen LogP contribution in [0, 0.1) is 0 Å². The highest BCUT2D eigenvalue weighted by Crippen LogP contribution is 2.12. The molecule has 0 aliphatic rings. The van der Waals surface area contributed by atoms with Crippen LogP contribution in [0.25, 0.3) is 0 Å². The van der Waals surface area contributed by atoms with E-state index in [1.165, 1.54) is 0 Å². The van der Waals surface area contributed by atoms with Gasteiger partial charge in [0, 0.05) is 6.54 Å². The number of esters is 1. The van der Waals surface area contributed by atoms with Crippen LogP contribution in [-0.2, 0) is 6.54 Å². The Hall–Kier alpha value is -2.13. The number of ether oxygens (including phenoxy) is 1. The second kappa shape index (κ2) is 5.27. The first kappa shape index (κ1) is 11.4. The van der Waals surface area contributed by atoms with Crippen molar-refractivity contribution in [3.8, 4) is 5.75 Å². The van der Waals surface area contributed by atoms with Crippen LogP contribution in [0.2, 0.25) is 0 Å². The molecule has 3 nitrogen and oxygen atoms in total. The maximum atomic E-state index is 11.8. The van der Waals surface area contributed by atoms with Crippen LogP contribution < -0.4 is 10.5 Å². The Morgan fingerprint density at radius 1 is 1.06 bits per heavy atom. The minimum Gasteiger partial charge on any atom is -0.423 e. The molecule has 0 bridgehead atoms. The van der Waals surface area contributed by atoms with Crippen LogP contribution >= 0.6 is 0 Å². The molecule has 0 spiro atoms. The number of para-hydroxylation sites is 1. The van der Waals surface area contributed by atoms with Gasteiger partial charge in [-0.1, -0.05) is 30.3 Å². The fourth-order valence-electron chi connectivity index (χ4n) is 1.48. The van der Waals surface area contributed by atoms with Crippen molar-refractivity contribution >= 4 is 5.97 Å². The lowest BCUT2D eigenvalue weighted by Gasteiger charge is -2.05. The molecule has 2 aromatic carbocycles. The summed E-state index contributed by atoms with van der Waals surface area (Å²) in [7, 11) is 0. The van der Waals surface area contributed by atoms with Crippen molar-refractivity contribution in [2.24, 2.45) is 5.73 Å². The number of hydrogen-bond acceptors (Lipinski definition) is 3. The maximum Gasteiger partial charge on any atom is 0.343 e. The summed E-state index contributed by atoms with van der Waals surface area (Å²) >= 11 is 0. The van der Waals surface area contributed by atoms with Crippen LogP contribution in [-0.4, -0.2) is 5.97 Å². The Labute approximate surface area is 99.8 Å². The lowest BCUT2D eigenvalue weighted by Crippen LogP contribution is -2.09.